The third kappa shape index (κ3) is 7.83. The van der Waals surface area contributed by atoms with E-state index in [0.29, 0.717) is 12.6 Å². The Hall–Kier alpha value is -2.33. The molecule has 2 fully saturated rings. The summed E-state index contributed by atoms with van der Waals surface area (Å²) in [5.41, 5.74) is 4.46. The smallest absolute Gasteiger partial charge is 0.410 e. The lowest BCUT2D eigenvalue weighted by Crippen LogP contribution is -2.43. The first-order valence-electron chi connectivity index (χ1n) is 13.8. The maximum absolute atomic E-state index is 13.0. The van der Waals surface area contributed by atoms with E-state index in [4.69, 9.17) is 4.74 Å². The highest BCUT2D eigenvalue weighted by molar-refractivity contribution is 5.69. The van der Waals surface area contributed by atoms with Crippen LogP contribution in [0.3, 0.4) is 0 Å². The van der Waals surface area contributed by atoms with Crippen molar-refractivity contribution in [2.45, 2.75) is 116 Å². The van der Waals surface area contributed by atoms with Crippen molar-refractivity contribution in [1.29, 1.82) is 0 Å². The van der Waals surface area contributed by atoms with Gasteiger partial charge in [-0.1, -0.05) is 87.1 Å². The van der Waals surface area contributed by atoms with Crippen molar-refractivity contribution in [1.82, 2.24) is 10.2 Å². The Morgan fingerprint density at radius 3 is 1.86 bits per heavy atom. The third-order valence-electron chi connectivity index (χ3n) is 7.44. The summed E-state index contributed by atoms with van der Waals surface area (Å²) in [6.07, 6.45) is 12.3. The fourth-order valence-electron chi connectivity index (χ4n) is 5.44. The number of nitrogens with one attached hydrogen (secondary N) is 1. The van der Waals surface area contributed by atoms with Crippen LogP contribution in [0.1, 0.15) is 96.1 Å². The lowest BCUT2D eigenvalue weighted by Gasteiger charge is -2.35. The molecule has 1 amide bonds. The minimum absolute atomic E-state index is 0.189. The van der Waals surface area contributed by atoms with Crippen LogP contribution in [0.2, 0.25) is 0 Å². The molecule has 0 radical (unpaired) electrons. The van der Waals surface area contributed by atoms with Crippen molar-refractivity contribution in [3.8, 4) is 11.1 Å². The van der Waals surface area contributed by atoms with Gasteiger partial charge < -0.3 is 15.0 Å². The Labute approximate surface area is 212 Å². The van der Waals surface area contributed by atoms with Crippen LogP contribution in [0.5, 0.6) is 0 Å². The largest absolute Gasteiger partial charge is 0.444 e. The summed E-state index contributed by atoms with van der Waals surface area (Å²) in [5.74, 6) is 0. The van der Waals surface area contributed by atoms with Gasteiger partial charge in [-0.05, 0) is 68.7 Å². The molecule has 0 atom stereocenters. The molecule has 0 heterocycles. The maximum Gasteiger partial charge on any atom is 0.410 e. The number of rotatable bonds is 7. The van der Waals surface area contributed by atoms with Gasteiger partial charge in [0.15, 0.2) is 0 Å². The first-order valence-corrected chi connectivity index (χ1v) is 13.8. The fraction of sp³-hybridized carbons (Fsp3) is 0.581. The van der Waals surface area contributed by atoms with Gasteiger partial charge in [0.2, 0.25) is 0 Å². The highest BCUT2D eigenvalue weighted by Crippen LogP contribution is 2.27. The van der Waals surface area contributed by atoms with Crippen LogP contribution in [0.25, 0.3) is 11.1 Å². The second-order valence-electron chi connectivity index (χ2n) is 11.5. The topological polar surface area (TPSA) is 41.6 Å². The van der Waals surface area contributed by atoms with E-state index in [-0.39, 0.29) is 12.1 Å². The van der Waals surface area contributed by atoms with E-state index in [1.807, 2.05) is 25.7 Å². The summed E-state index contributed by atoms with van der Waals surface area (Å²) in [7, 11) is 0. The Morgan fingerprint density at radius 1 is 0.800 bits per heavy atom. The Morgan fingerprint density at radius 2 is 1.31 bits per heavy atom. The van der Waals surface area contributed by atoms with Gasteiger partial charge >= 0.3 is 6.09 Å². The molecule has 4 rings (SSSR count). The van der Waals surface area contributed by atoms with Gasteiger partial charge in [-0.15, -0.1) is 0 Å². The SMILES string of the molecule is CC(C)(C)OC(=O)N(Cc1ccc(-c2ccc(CNC3CCCCC3)cc2)cc1)C1CCCCC1. The second-order valence-corrected chi connectivity index (χ2v) is 11.5. The molecule has 0 aliphatic heterocycles. The quantitative estimate of drug-likeness (QED) is 0.442. The Bertz CT molecular complexity index is 918. The number of nitrogens with zero attached hydrogens (tertiary/aromatic N) is 1. The molecule has 2 saturated carbocycles. The fourth-order valence-corrected chi connectivity index (χ4v) is 5.44. The summed E-state index contributed by atoms with van der Waals surface area (Å²) >= 11 is 0. The molecule has 4 heteroatoms. The number of ether oxygens (including phenoxy) is 1. The molecule has 2 aromatic carbocycles. The normalized spacial score (nSPS) is 17.8. The third-order valence-corrected chi connectivity index (χ3v) is 7.44. The average Bonchev–Trinajstić information content (AvgIpc) is 2.87. The van der Waals surface area contributed by atoms with Gasteiger partial charge in [-0.3, -0.25) is 0 Å². The van der Waals surface area contributed by atoms with Crippen LogP contribution in [0.4, 0.5) is 4.79 Å². The van der Waals surface area contributed by atoms with Gasteiger partial charge in [0.1, 0.15) is 5.60 Å². The summed E-state index contributed by atoms with van der Waals surface area (Å²) in [6.45, 7) is 7.37. The van der Waals surface area contributed by atoms with Crippen LogP contribution >= 0.6 is 0 Å². The number of amides is 1. The molecule has 0 bridgehead atoms. The predicted molar refractivity (Wildman–Crippen MR) is 144 cm³/mol. The molecule has 0 unspecified atom stereocenters. The molecule has 2 aromatic rings. The molecule has 0 aromatic heterocycles. The number of benzene rings is 2. The summed E-state index contributed by atoms with van der Waals surface area (Å²) in [6, 6.07) is 18.6. The zero-order valence-corrected chi connectivity index (χ0v) is 22.0. The number of hydrogen-bond donors (Lipinski definition) is 1. The molecular weight excluding hydrogens is 432 g/mol. The molecule has 0 spiro atoms. The van der Waals surface area contributed by atoms with E-state index in [2.05, 4.69) is 53.8 Å². The Kier molecular flexibility index (Phi) is 8.89. The van der Waals surface area contributed by atoms with Gasteiger partial charge in [0.25, 0.3) is 0 Å². The van der Waals surface area contributed by atoms with E-state index in [1.165, 1.54) is 68.1 Å². The molecule has 4 nitrogen and oxygen atoms in total. The van der Waals surface area contributed by atoms with Crippen molar-refractivity contribution >= 4 is 6.09 Å². The molecule has 35 heavy (non-hydrogen) atoms. The standard InChI is InChI=1S/C31H44N2O2/c1-31(2,3)35-30(34)33(29-12-8-5-9-13-29)23-25-16-20-27(21-17-25)26-18-14-24(15-19-26)22-32-28-10-6-4-7-11-28/h14-21,28-29,32H,4-13,22-23H2,1-3H3. The van der Waals surface area contributed by atoms with Crippen molar-refractivity contribution in [3.63, 3.8) is 0 Å². The molecular formula is C31H44N2O2. The van der Waals surface area contributed by atoms with E-state index < -0.39 is 5.60 Å². The minimum Gasteiger partial charge on any atom is -0.444 e. The van der Waals surface area contributed by atoms with E-state index >= 15 is 0 Å². The second kappa shape index (κ2) is 12.1. The summed E-state index contributed by atoms with van der Waals surface area (Å²) in [4.78, 5) is 15.0. The van der Waals surface area contributed by atoms with Gasteiger partial charge in [-0.25, -0.2) is 4.79 Å². The van der Waals surface area contributed by atoms with Gasteiger partial charge in [-0.2, -0.15) is 0 Å². The summed E-state index contributed by atoms with van der Waals surface area (Å²) < 4.78 is 5.77. The summed E-state index contributed by atoms with van der Waals surface area (Å²) in [5, 5.41) is 3.73. The first kappa shape index (κ1) is 25.8. The minimum atomic E-state index is -0.480. The lowest BCUT2D eigenvalue weighted by molar-refractivity contribution is 0.00988. The van der Waals surface area contributed by atoms with Crippen molar-refractivity contribution in [2.24, 2.45) is 0 Å². The predicted octanol–water partition coefficient (Wildman–Crippen LogP) is 7.85. The highest BCUT2D eigenvalue weighted by Gasteiger charge is 2.29. The van der Waals surface area contributed by atoms with Crippen LogP contribution in [0, 0.1) is 0 Å². The molecule has 2 aliphatic carbocycles. The number of carbonyl (C=O) groups excluding carboxylic acids is 1. The molecule has 0 saturated heterocycles. The molecule has 190 valence electrons. The first-order chi connectivity index (χ1) is 16.9. The van der Waals surface area contributed by atoms with Crippen molar-refractivity contribution in [3.05, 3.63) is 59.7 Å². The van der Waals surface area contributed by atoms with Crippen LogP contribution < -0.4 is 5.32 Å². The van der Waals surface area contributed by atoms with Crippen LogP contribution in [-0.2, 0) is 17.8 Å². The van der Waals surface area contributed by atoms with E-state index in [1.54, 1.807) is 0 Å². The monoisotopic (exact) mass is 476 g/mol. The zero-order chi connectivity index (χ0) is 24.7. The van der Waals surface area contributed by atoms with Gasteiger partial charge in [0.05, 0.1) is 0 Å². The van der Waals surface area contributed by atoms with E-state index in [0.717, 1.165) is 24.9 Å². The number of carbonyl (C=O) groups is 1. The maximum atomic E-state index is 13.0. The van der Waals surface area contributed by atoms with Crippen LogP contribution in [-0.4, -0.2) is 28.7 Å². The number of hydrogen-bond acceptors (Lipinski definition) is 3. The van der Waals surface area contributed by atoms with Crippen molar-refractivity contribution in [2.75, 3.05) is 0 Å². The van der Waals surface area contributed by atoms with Gasteiger partial charge in [0, 0.05) is 25.2 Å². The molecule has 2 aliphatic rings. The lowest BCUT2D eigenvalue weighted by atomic mass is 9.94. The molecule has 1 N–H and O–H groups in total. The van der Waals surface area contributed by atoms with Crippen LogP contribution in [0.15, 0.2) is 48.5 Å². The average molecular weight is 477 g/mol. The van der Waals surface area contributed by atoms with Crippen molar-refractivity contribution < 1.29 is 9.53 Å². The zero-order valence-electron chi connectivity index (χ0n) is 22.0. The van der Waals surface area contributed by atoms with E-state index in [9.17, 15) is 4.79 Å². The highest BCUT2D eigenvalue weighted by atomic mass is 16.6. The Balaban J connectivity index is 1.37.